The number of H-pyrrole nitrogens is 1. The van der Waals surface area contributed by atoms with E-state index in [0.29, 0.717) is 38.4 Å². The van der Waals surface area contributed by atoms with Gasteiger partial charge in [0, 0.05) is 138 Å². The van der Waals surface area contributed by atoms with Crippen molar-refractivity contribution in [3.8, 4) is 0 Å². The maximum Gasteiger partial charge on any atom is 0.353 e. The number of hydrogen-bond donors (Lipinski definition) is 7. The first-order chi connectivity index (χ1) is 62.9. The summed E-state index contributed by atoms with van der Waals surface area (Å²) in [6.45, 7) is 1.46. The number of nitrogens with one attached hydrogen (secondary N) is 1. The van der Waals surface area contributed by atoms with Crippen LogP contribution in [0, 0.1) is 36.0 Å². The van der Waals surface area contributed by atoms with E-state index < -0.39 is 70.3 Å². The number of aromatic carboxylic acids is 4. The van der Waals surface area contributed by atoms with Crippen LogP contribution < -0.4 is 22.6 Å². The Morgan fingerprint density at radius 1 is 0.397 bits per heavy atom. The van der Waals surface area contributed by atoms with Gasteiger partial charge in [-0.1, -0.05) is 97.2 Å². The van der Waals surface area contributed by atoms with Gasteiger partial charge in [-0.05, 0) is 102 Å². The number of carbonyl (C=O) groups is 10. The number of carbonyl (C=O) groups excluding carboxylic acids is 6. The number of halogens is 5. The fraction of sp³-hybridized carbons (Fsp3) is 0.102. The number of aromatic nitrogens is 6. The lowest BCUT2D eigenvalue weighted by Crippen LogP contribution is -2.19. The molecule has 33 heteroatoms. The van der Waals surface area contributed by atoms with E-state index in [1.54, 1.807) is 110 Å². The molecule has 20 rings (SSSR count). The van der Waals surface area contributed by atoms with E-state index in [2.05, 4.69) is 4.98 Å². The summed E-state index contributed by atoms with van der Waals surface area (Å²) in [6, 6.07) is 25.9. The van der Waals surface area contributed by atoms with Gasteiger partial charge in [-0.15, -0.1) is 0 Å². The lowest BCUT2D eigenvalue weighted by atomic mass is 9.93. The highest BCUT2D eigenvalue weighted by Gasteiger charge is 2.37. The summed E-state index contributed by atoms with van der Waals surface area (Å²) in [5.41, 5.74) is 15.0. The smallest absolute Gasteiger partial charge is 0.353 e. The van der Waals surface area contributed by atoms with Crippen LogP contribution in [-0.4, -0.2) is 107 Å². The summed E-state index contributed by atoms with van der Waals surface area (Å²) in [5.74, 6) is -10.6. The highest BCUT2D eigenvalue weighted by atomic mass is 19.1. The molecule has 0 fully saturated rings. The molecule has 0 spiro atoms. The Kier molecular flexibility index (Phi) is 22.4. The Labute approximate surface area is 731 Å². The van der Waals surface area contributed by atoms with E-state index in [0.717, 1.165) is 28.5 Å². The lowest BCUT2D eigenvalue weighted by molar-refractivity contribution is -0.113. The van der Waals surface area contributed by atoms with Crippen LogP contribution >= 0.6 is 0 Å². The number of furan rings is 4. The summed E-state index contributed by atoms with van der Waals surface area (Å²) < 4.78 is 103. The second-order valence-corrected chi connectivity index (χ2v) is 30.9. The third-order valence-electron chi connectivity index (χ3n) is 23.1. The third-order valence-corrected chi connectivity index (χ3v) is 23.1. The molecule has 0 atom stereocenters. The van der Waals surface area contributed by atoms with Crippen molar-refractivity contribution in [3.05, 3.63) is 353 Å². The van der Waals surface area contributed by atoms with E-state index >= 15 is 0 Å². The standard InChI is InChI=1S/2C25H17FN2O5.C24H16F2N2O5.C24H17FN2O5/c26-17-11-18-21(23-15(17)8-9-33-23)20(16-6-1-2-7-19(16)29)22(25(31)32)28(18)12-13-4-3-5-14(10-13)24(27)30;26-17-11-18-21(23-15(17)9-10-33-23)20(16-3-1-2-4-19(16)29)22(25(31)32)28(18)12-13-5-7-14(8-6-13)24(27)30;1-27-11-16(26)12(8-19(27)30)10-28-17-9-15(25)13-6-7-33-23(13)21(17)20(22(28)24(31)32)14-4-2-3-5-18(14)29;1-12-10-26-19(29)8-13(12)11-27-17-9-16(25)14-6-7-32-23(14)21(17)20(22(27)24(30)31)15-4-2-3-5-18(15)28/h1-6,8-11H,7,12H2,(H2,27,30)(H,31,32);1-3,5-11H,4,12H2,(H2,27,30)(H,31,32);2-4,6-9,11H,5,10H2,1H3,(H,31,32);2-4,6-10H,5,11H2,1H3,(H,26,29)(H,30,31). The van der Waals surface area contributed by atoms with Gasteiger partial charge in [0.05, 0.1) is 96.8 Å². The Hall–Kier alpha value is -17.4. The summed E-state index contributed by atoms with van der Waals surface area (Å²) in [6.07, 6.45) is 27.8. The molecule has 2 amide bonds. The van der Waals surface area contributed by atoms with Gasteiger partial charge >= 0.3 is 23.9 Å². The van der Waals surface area contributed by atoms with Crippen molar-refractivity contribution in [1.82, 2.24) is 27.8 Å². The minimum atomic E-state index is -1.39. The van der Waals surface area contributed by atoms with Gasteiger partial charge in [0.15, 0.2) is 23.1 Å². The van der Waals surface area contributed by atoms with Crippen LogP contribution in [0.3, 0.4) is 0 Å². The fourth-order valence-corrected chi connectivity index (χ4v) is 17.1. The van der Waals surface area contributed by atoms with Gasteiger partial charge in [-0.2, -0.15) is 0 Å². The molecule has 10 heterocycles. The van der Waals surface area contributed by atoms with E-state index in [4.69, 9.17) is 29.1 Å². The number of nitrogens with zero attached hydrogens (tertiary/aromatic N) is 5. The number of rotatable bonds is 18. The molecule has 28 nitrogen and oxygen atoms in total. The van der Waals surface area contributed by atoms with Crippen LogP contribution in [-0.2, 0) is 52.4 Å². The van der Waals surface area contributed by atoms with Crippen LogP contribution in [0.25, 0.3) is 110 Å². The minimum absolute atomic E-state index is 0.00220. The minimum Gasteiger partial charge on any atom is -0.477 e. The average Bonchev–Trinajstić information content (AvgIpc) is 1.58. The summed E-state index contributed by atoms with van der Waals surface area (Å²) >= 11 is 0. The lowest BCUT2D eigenvalue weighted by Gasteiger charge is -2.12. The molecule has 654 valence electrons. The van der Waals surface area contributed by atoms with Crippen LogP contribution in [0.5, 0.6) is 0 Å². The Bertz CT molecular complexity index is 8170. The van der Waals surface area contributed by atoms with Crippen molar-refractivity contribution in [2.45, 2.75) is 58.8 Å². The SMILES string of the molecule is Cc1c[nH]c(=O)cc1Cn1c(C(=O)O)c(C2=CC=CCC2=O)c2c3occc3c(F)cc21.Cn1cc(F)c(Cn2c(C(=O)O)c(C3=CC=CCC3=O)c3c4occc4c(F)cc32)cc1=O.NC(=O)c1ccc(Cn2c(C(=O)O)c(C3=CC=CCC3=O)c3c4occc4c(F)cc32)cc1.NC(=O)c1cccc(Cn2c(C(=O)O)c(C3=CC=CCC3=O)c3c4occc4c(F)cc32)c1. The average molecular weight is 1770 g/mol. The number of primary amides is 2. The zero-order chi connectivity index (χ0) is 92.6. The molecule has 0 aliphatic heterocycles. The van der Waals surface area contributed by atoms with Crippen molar-refractivity contribution >= 4 is 169 Å². The predicted molar refractivity (Wildman–Crippen MR) is 471 cm³/mol. The van der Waals surface area contributed by atoms with Gasteiger partial charge in [0.25, 0.3) is 5.56 Å². The topological polar surface area (TPSA) is 431 Å². The Morgan fingerprint density at radius 3 is 1.07 bits per heavy atom. The molecule has 10 aromatic heterocycles. The highest BCUT2D eigenvalue weighted by Crippen LogP contribution is 2.46. The molecular weight excluding hydrogens is 1700 g/mol. The van der Waals surface area contributed by atoms with E-state index in [9.17, 15) is 99.9 Å². The van der Waals surface area contributed by atoms with Crippen LogP contribution in [0.2, 0.25) is 0 Å². The molecule has 16 aromatic rings. The van der Waals surface area contributed by atoms with Crippen LogP contribution in [0.1, 0.15) is 138 Å². The monoisotopic (exact) mass is 1770 g/mol. The van der Waals surface area contributed by atoms with Crippen molar-refractivity contribution in [3.63, 3.8) is 0 Å². The molecule has 0 saturated heterocycles. The van der Waals surface area contributed by atoms with Crippen molar-refractivity contribution in [1.29, 1.82) is 0 Å². The highest BCUT2D eigenvalue weighted by molar-refractivity contribution is 6.33. The third kappa shape index (κ3) is 15.3. The number of hydrogen-bond acceptors (Lipinski definition) is 16. The number of allylic oxidation sites excluding steroid dienone is 16. The zero-order valence-electron chi connectivity index (χ0n) is 68.5. The number of pyridine rings is 2. The number of aromatic amines is 1. The first-order valence-electron chi connectivity index (χ1n) is 40.1. The predicted octanol–water partition coefficient (Wildman–Crippen LogP) is 16.8. The molecule has 0 bridgehead atoms. The quantitative estimate of drug-likeness (QED) is 0.0392. The first-order valence-corrected chi connectivity index (χ1v) is 40.1. The zero-order valence-corrected chi connectivity index (χ0v) is 68.5. The maximum atomic E-state index is 14.9. The van der Waals surface area contributed by atoms with Gasteiger partial charge < -0.3 is 77.4 Å². The number of carboxylic acids is 4. The Morgan fingerprint density at radius 2 is 0.733 bits per heavy atom. The van der Waals surface area contributed by atoms with Crippen molar-refractivity contribution in [2.75, 3.05) is 0 Å². The van der Waals surface area contributed by atoms with E-state index in [-0.39, 0.29) is 230 Å². The van der Waals surface area contributed by atoms with Gasteiger partial charge in [-0.3, -0.25) is 38.4 Å². The molecule has 131 heavy (non-hydrogen) atoms. The largest absolute Gasteiger partial charge is 0.477 e. The second-order valence-electron chi connectivity index (χ2n) is 30.9. The number of carboxylic acid groups (broad SMARTS) is 4. The number of benzene rings is 6. The summed E-state index contributed by atoms with van der Waals surface area (Å²) in [5, 5.41) is 42.7. The number of aryl methyl sites for hydroxylation is 2. The van der Waals surface area contributed by atoms with Crippen LogP contribution in [0.4, 0.5) is 22.0 Å². The summed E-state index contributed by atoms with van der Waals surface area (Å²) in [4.78, 5) is 150. The maximum absolute atomic E-state index is 14.9. The van der Waals surface area contributed by atoms with Gasteiger partial charge in [0.1, 0.15) is 74.2 Å². The molecule has 4 aliphatic carbocycles. The molecule has 4 aliphatic rings. The fourth-order valence-electron chi connectivity index (χ4n) is 17.1. The number of nitrogens with two attached hydrogens (primary N) is 2. The number of amides is 2. The van der Waals surface area contributed by atoms with Crippen molar-refractivity contribution < 1.29 is 108 Å². The number of ketones is 4. The number of fused-ring (bicyclic) bond motifs is 12. The second kappa shape index (κ2) is 34.2. The first kappa shape index (κ1) is 85.8. The van der Waals surface area contributed by atoms with E-state index in [1.807, 2.05) is 0 Å². The van der Waals surface area contributed by atoms with Crippen LogP contribution in [0.15, 0.2) is 247 Å². The van der Waals surface area contributed by atoms with Gasteiger partial charge in [-0.25, -0.2) is 41.1 Å². The molecule has 6 aromatic carbocycles. The normalized spacial score (nSPS) is 13.7. The summed E-state index contributed by atoms with van der Waals surface area (Å²) in [7, 11) is 1.39. The molecule has 9 N–H and O–H groups in total. The molecule has 0 saturated carbocycles. The molecule has 0 radical (unpaired) electrons. The van der Waals surface area contributed by atoms with Crippen molar-refractivity contribution in [2.24, 2.45) is 18.5 Å². The Balaban J connectivity index is 0.000000122. The van der Waals surface area contributed by atoms with E-state index in [1.165, 1.54) is 123 Å². The molecule has 0 unspecified atom stereocenters. The number of Topliss-reactive ketones (excluding diaryl/α,β-unsaturated/α-hetero) is 4. The van der Waals surface area contributed by atoms with Gasteiger partial charge in [0.2, 0.25) is 17.4 Å². The molecular formula is C98H67F5N8O20.